The second-order valence-electron chi connectivity index (χ2n) is 7.90. The van der Waals surface area contributed by atoms with Gasteiger partial charge in [0.15, 0.2) is 11.5 Å². The molecule has 4 aromatic rings. The van der Waals surface area contributed by atoms with E-state index >= 15 is 0 Å². The lowest BCUT2D eigenvalue weighted by Gasteiger charge is -2.16. The maximum atomic E-state index is 13.1. The van der Waals surface area contributed by atoms with Crippen molar-refractivity contribution < 1.29 is 19.1 Å². The Bertz CT molecular complexity index is 1200. The third-order valence-electron chi connectivity index (χ3n) is 5.24. The van der Waals surface area contributed by atoms with Crippen LogP contribution in [0.5, 0.6) is 0 Å². The summed E-state index contributed by atoms with van der Waals surface area (Å²) < 4.78 is 11.8. The molecule has 4 nitrogen and oxygen atoms in total. The standard InChI is InChI=1S/C30H24O4/c1-21-13-17-25(18-14-21)29(31)33-27(23-9-5-3-6-10-23)28(24-11-7-4-8-12-24)34-30(32)26-19-15-22(2)16-20-26/h3-20H,1-2H3/b28-27+. The van der Waals surface area contributed by atoms with E-state index in [-0.39, 0.29) is 11.5 Å². The predicted octanol–water partition coefficient (Wildman–Crippen LogP) is 6.84. The summed E-state index contributed by atoms with van der Waals surface area (Å²) in [4.78, 5) is 26.1. The SMILES string of the molecule is Cc1ccc(C(=O)O/C(=C(/OC(=O)c2ccc(C)cc2)c2ccccc2)c2ccccc2)cc1. The number of aryl methyl sites for hydroxylation is 2. The maximum absolute atomic E-state index is 13.1. The van der Waals surface area contributed by atoms with Gasteiger partial charge in [0.1, 0.15) is 0 Å². The lowest BCUT2D eigenvalue weighted by Crippen LogP contribution is -2.11. The van der Waals surface area contributed by atoms with Gasteiger partial charge in [0.25, 0.3) is 0 Å². The number of benzene rings is 4. The first-order valence-corrected chi connectivity index (χ1v) is 10.9. The fraction of sp³-hybridized carbons (Fsp3) is 0.0667. The Kier molecular flexibility index (Phi) is 6.99. The Hall–Kier alpha value is -4.44. The van der Waals surface area contributed by atoms with Gasteiger partial charge in [-0.05, 0) is 38.1 Å². The molecular formula is C30H24O4. The fourth-order valence-corrected chi connectivity index (χ4v) is 3.33. The minimum atomic E-state index is -0.543. The highest BCUT2D eigenvalue weighted by molar-refractivity contribution is 6.00. The summed E-state index contributed by atoms with van der Waals surface area (Å²) in [5, 5.41) is 0. The normalized spacial score (nSPS) is 11.4. The molecule has 4 heteroatoms. The first kappa shape index (κ1) is 22.7. The molecule has 0 aromatic heterocycles. The van der Waals surface area contributed by atoms with Gasteiger partial charge in [-0.1, -0.05) is 96.1 Å². The second-order valence-corrected chi connectivity index (χ2v) is 7.90. The Morgan fingerprint density at radius 2 is 0.765 bits per heavy atom. The van der Waals surface area contributed by atoms with E-state index in [1.165, 1.54) is 0 Å². The number of ether oxygens (including phenoxy) is 2. The highest BCUT2D eigenvalue weighted by atomic mass is 16.6. The summed E-state index contributed by atoms with van der Waals surface area (Å²) >= 11 is 0. The van der Waals surface area contributed by atoms with E-state index in [9.17, 15) is 9.59 Å². The average Bonchev–Trinajstić information content (AvgIpc) is 2.87. The zero-order chi connectivity index (χ0) is 23.9. The molecule has 0 unspecified atom stereocenters. The van der Waals surface area contributed by atoms with Gasteiger partial charge in [-0.3, -0.25) is 0 Å². The predicted molar refractivity (Wildman–Crippen MR) is 133 cm³/mol. The summed E-state index contributed by atoms with van der Waals surface area (Å²) in [7, 11) is 0. The van der Waals surface area contributed by atoms with Crippen LogP contribution < -0.4 is 0 Å². The van der Waals surface area contributed by atoms with Crippen LogP contribution >= 0.6 is 0 Å². The van der Waals surface area contributed by atoms with Crippen molar-refractivity contribution in [3.8, 4) is 0 Å². The van der Waals surface area contributed by atoms with E-state index in [0.717, 1.165) is 11.1 Å². The highest BCUT2D eigenvalue weighted by Gasteiger charge is 2.22. The molecule has 0 aliphatic heterocycles. The average molecular weight is 449 g/mol. The van der Waals surface area contributed by atoms with Crippen molar-refractivity contribution >= 4 is 23.5 Å². The van der Waals surface area contributed by atoms with E-state index in [0.29, 0.717) is 22.3 Å². The zero-order valence-electron chi connectivity index (χ0n) is 19.0. The largest absolute Gasteiger partial charge is 0.418 e. The molecule has 0 atom stereocenters. The molecule has 0 N–H and O–H groups in total. The third kappa shape index (κ3) is 5.48. The second kappa shape index (κ2) is 10.5. The molecule has 4 aromatic carbocycles. The van der Waals surface area contributed by atoms with Gasteiger partial charge in [0.05, 0.1) is 11.1 Å². The molecule has 0 aliphatic carbocycles. The fourth-order valence-electron chi connectivity index (χ4n) is 3.33. The smallest absolute Gasteiger partial charge is 0.343 e. The van der Waals surface area contributed by atoms with Crippen LogP contribution in [0.2, 0.25) is 0 Å². The summed E-state index contributed by atoms with van der Waals surface area (Å²) in [6.07, 6.45) is 0. The van der Waals surface area contributed by atoms with Gasteiger partial charge in [0.2, 0.25) is 0 Å². The van der Waals surface area contributed by atoms with Crippen LogP contribution in [-0.2, 0) is 9.47 Å². The Morgan fingerprint density at radius 3 is 1.09 bits per heavy atom. The van der Waals surface area contributed by atoms with E-state index < -0.39 is 11.9 Å². The lowest BCUT2D eigenvalue weighted by atomic mass is 10.1. The molecule has 0 bridgehead atoms. The van der Waals surface area contributed by atoms with Crippen molar-refractivity contribution in [2.75, 3.05) is 0 Å². The molecule has 0 heterocycles. The van der Waals surface area contributed by atoms with E-state index in [2.05, 4.69) is 0 Å². The maximum Gasteiger partial charge on any atom is 0.343 e. The molecular weight excluding hydrogens is 424 g/mol. The van der Waals surface area contributed by atoms with Crippen LogP contribution in [-0.4, -0.2) is 11.9 Å². The van der Waals surface area contributed by atoms with Gasteiger partial charge in [-0.2, -0.15) is 0 Å². The molecule has 0 aliphatic rings. The minimum Gasteiger partial charge on any atom is -0.418 e. The van der Waals surface area contributed by atoms with Crippen molar-refractivity contribution in [3.63, 3.8) is 0 Å². The van der Waals surface area contributed by atoms with Gasteiger partial charge >= 0.3 is 11.9 Å². The van der Waals surface area contributed by atoms with Crippen LogP contribution in [0.4, 0.5) is 0 Å². The van der Waals surface area contributed by atoms with E-state index in [1.54, 1.807) is 48.5 Å². The van der Waals surface area contributed by atoms with Gasteiger partial charge in [-0.25, -0.2) is 9.59 Å². The number of hydrogen-bond acceptors (Lipinski definition) is 4. The van der Waals surface area contributed by atoms with Crippen LogP contribution in [0, 0.1) is 13.8 Å². The summed E-state index contributed by atoms with van der Waals surface area (Å²) in [5.41, 5.74) is 4.09. The van der Waals surface area contributed by atoms with Crippen molar-refractivity contribution in [1.29, 1.82) is 0 Å². The molecule has 4 rings (SSSR count). The molecule has 0 fully saturated rings. The number of esters is 2. The van der Waals surface area contributed by atoms with E-state index in [1.807, 2.05) is 74.5 Å². The number of carbonyl (C=O) groups excluding carboxylic acids is 2. The molecule has 0 amide bonds. The zero-order valence-corrected chi connectivity index (χ0v) is 19.0. The third-order valence-corrected chi connectivity index (χ3v) is 5.24. The molecule has 168 valence electrons. The number of hydrogen-bond donors (Lipinski definition) is 0. The minimum absolute atomic E-state index is 0.165. The van der Waals surface area contributed by atoms with Gasteiger partial charge < -0.3 is 9.47 Å². The monoisotopic (exact) mass is 448 g/mol. The molecule has 0 radical (unpaired) electrons. The summed E-state index contributed by atoms with van der Waals surface area (Å²) in [6.45, 7) is 3.89. The van der Waals surface area contributed by atoms with Gasteiger partial charge in [0, 0.05) is 11.1 Å². The summed E-state index contributed by atoms with van der Waals surface area (Å²) in [6, 6.07) is 32.5. The first-order valence-electron chi connectivity index (χ1n) is 10.9. The quantitative estimate of drug-likeness (QED) is 0.184. The van der Waals surface area contributed by atoms with Crippen LogP contribution in [0.3, 0.4) is 0 Å². The molecule has 0 saturated carbocycles. The van der Waals surface area contributed by atoms with Crippen LogP contribution in [0.1, 0.15) is 43.0 Å². The van der Waals surface area contributed by atoms with Crippen LogP contribution in [0.25, 0.3) is 11.5 Å². The molecule has 0 spiro atoms. The van der Waals surface area contributed by atoms with Crippen molar-refractivity contribution in [3.05, 3.63) is 143 Å². The van der Waals surface area contributed by atoms with Crippen molar-refractivity contribution in [2.24, 2.45) is 0 Å². The highest BCUT2D eigenvalue weighted by Crippen LogP contribution is 2.30. The Labute approximate surface area is 199 Å². The molecule has 34 heavy (non-hydrogen) atoms. The van der Waals surface area contributed by atoms with Gasteiger partial charge in [-0.15, -0.1) is 0 Å². The number of rotatable bonds is 6. The number of carbonyl (C=O) groups is 2. The van der Waals surface area contributed by atoms with Crippen molar-refractivity contribution in [2.45, 2.75) is 13.8 Å². The van der Waals surface area contributed by atoms with Crippen molar-refractivity contribution in [1.82, 2.24) is 0 Å². The first-order chi connectivity index (χ1) is 16.5. The molecule has 0 saturated heterocycles. The topological polar surface area (TPSA) is 52.6 Å². The summed E-state index contributed by atoms with van der Waals surface area (Å²) in [5.74, 6) is -0.756. The van der Waals surface area contributed by atoms with Crippen LogP contribution in [0.15, 0.2) is 109 Å². The van der Waals surface area contributed by atoms with E-state index in [4.69, 9.17) is 9.47 Å². The lowest BCUT2D eigenvalue weighted by molar-refractivity contribution is 0.0646. The Balaban J connectivity index is 1.81. The Morgan fingerprint density at radius 1 is 0.441 bits per heavy atom.